The molecule has 0 spiro atoms. The molecule has 0 fully saturated rings. The molecule has 0 atom stereocenters. The van der Waals surface area contributed by atoms with Crippen molar-refractivity contribution in [1.82, 2.24) is 4.98 Å². The third kappa shape index (κ3) is 3.14. The molecule has 1 N–H and O–H groups in total. The molecule has 2 aromatic rings. The Morgan fingerprint density at radius 2 is 2.21 bits per heavy atom. The van der Waals surface area contributed by atoms with Crippen LogP contribution in [0.1, 0.15) is 19.0 Å². The van der Waals surface area contributed by atoms with Crippen molar-refractivity contribution in [2.75, 3.05) is 0 Å². The van der Waals surface area contributed by atoms with Gasteiger partial charge in [0.1, 0.15) is 5.69 Å². The van der Waals surface area contributed by atoms with Crippen molar-refractivity contribution in [2.45, 2.75) is 19.8 Å². The number of oxazole rings is 1. The van der Waals surface area contributed by atoms with Gasteiger partial charge in [-0.15, -0.1) is 0 Å². The summed E-state index contributed by atoms with van der Waals surface area (Å²) < 4.78 is 10.8. The Morgan fingerprint density at radius 1 is 1.47 bits per heavy atom. The van der Waals surface area contributed by atoms with E-state index >= 15 is 0 Å². The molecule has 5 nitrogen and oxygen atoms in total. The average Bonchev–Trinajstić information content (AvgIpc) is 2.72. The summed E-state index contributed by atoms with van der Waals surface area (Å²) in [5.74, 6) is 0.285. The molecule has 0 radical (unpaired) electrons. The van der Waals surface area contributed by atoms with E-state index in [-0.39, 0.29) is 5.95 Å². The molecule has 1 aromatic heterocycles. The van der Waals surface area contributed by atoms with Gasteiger partial charge in [-0.1, -0.05) is 25.5 Å². The van der Waals surface area contributed by atoms with E-state index < -0.39 is 6.16 Å². The summed E-state index contributed by atoms with van der Waals surface area (Å²) in [4.78, 5) is 14.9. The van der Waals surface area contributed by atoms with Crippen molar-refractivity contribution < 1.29 is 19.1 Å². The molecule has 0 saturated carbocycles. The fraction of sp³-hybridized carbons (Fsp3) is 0.231. The van der Waals surface area contributed by atoms with Gasteiger partial charge in [0, 0.05) is 4.47 Å². The van der Waals surface area contributed by atoms with Crippen LogP contribution in [0.15, 0.2) is 33.2 Å². The monoisotopic (exact) mass is 325 g/mol. The van der Waals surface area contributed by atoms with E-state index in [1.54, 1.807) is 0 Å². The van der Waals surface area contributed by atoms with E-state index in [4.69, 9.17) is 9.52 Å². The molecule has 0 bridgehead atoms. The van der Waals surface area contributed by atoms with Crippen molar-refractivity contribution in [2.24, 2.45) is 0 Å². The van der Waals surface area contributed by atoms with Crippen LogP contribution in [-0.4, -0.2) is 16.2 Å². The van der Waals surface area contributed by atoms with Crippen molar-refractivity contribution in [1.29, 1.82) is 0 Å². The smallest absolute Gasteiger partial charge is 0.449 e. The van der Waals surface area contributed by atoms with E-state index in [2.05, 4.69) is 25.7 Å². The van der Waals surface area contributed by atoms with Crippen LogP contribution in [0.2, 0.25) is 0 Å². The van der Waals surface area contributed by atoms with Crippen LogP contribution in [-0.2, 0) is 6.42 Å². The van der Waals surface area contributed by atoms with Gasteiger partial charge in [0.25, 0.3) is 0 Å². The molecule has 0 unspecified atom stereocenters. The summed E-state index contributed by atoms with van der Waals surface area (Å²) in [5.41, 5.74) is 1.26. The maximum Gasteiger partial charge on any atom is 0.513 e. The Hall–Kier alpha value is -1.82. The molecule has 0 saturated heterocycles. The Kier molecular flexibility index (Phi) is 4.21. The third-order valence-electron chi connectivity index (χ3n) is 2.43. The number of halogens is 1. The number of carboxylic acid groups (broad SMARTS) is 1. The molecule has 1 heterocycles. The molecule has 1 aromatic carbocycles. The van der Waals surface area contributed by atoms with E-state index in [0.717, 1.165) is 16.5 Å². The lowest BCUT2D eigenvalue weighted by molar-refractivity contribution is 0.132. The Balaban J connectivity index is 2.42. The highest BCUT2D eigenvalue weighted by Gasteiger charge is 2.19. The summed E-state index contributed by atoms with van der Waals surface area (Å²) in [7, 11) is 0. The first-order valence-electron chi connectivity index (χ1n) is 5.77. The van der Waals surface area contributed by atoms with Gasteiger partial charge in [-0.05, 0) is 34.5 Å². The van der Waals surface area contributed by atoms with Gasteiger partial charge in [-0.2, -0.15) is 0 Å². The summed E-state index contributed by atoms with van der Waals surface area (Å²) >= 11 is 3.40. The maximum absolute atomic E-state index is 10.6. The fourth-order valence-corrected chi connectivity index (χ4v) is 2.10. The molecule has 2 rings (SSSR count). The lowest BCUT2D eigenvalue weighted by Gasteiger charge is -1.97. The topological polar surface area (TPSA) is 72.6 Å². The molecule has 6 heteroatoms. The van der Waals surface area contributed by atoms with Gasteiger partial charge in [-0.25, -0.2) is 9.78 Å². The van der Waals surface area contributed by atoms with Gasteiger partial charge < -0.3 is 14.3 Å². The molecular weight excluding hydrogens is 314 g/mol. The molecule has 0 aliphatic carbocycles. The molecular formula is C13H12BrNO4. The number of carbonyl (C=O) groups is 1. The number of aryl methyl sites for hydroxylation is 1. The molecule has 0 aliphatic rings. The van der Waals surface area contributed by atoms with Crippen LogP contribution in [0.3, 0.4) is 0 Å². The molecule has 19 heavy (non-hydrogen) atoms. The first kappa shape index (κ1) is 13.6. The van der Waals surface area contributed by atoms with Crippen LogP contribution in [0.25, 0.3) is 11.5 Å². The largest absolute Gasteiger partial charge is 0.513 e. The minimum Gasteiger partial charge on any atom is -0.449 e. The predicted octanol–water partition coefficient (Wildman–Crippen LogP) is 4.11. The highest BCUT2D eigenvalue weighted by atomic mass is 79.9. The average molecular weight is 326 g/mol. The summed E-state index contributed by atoms with van der Waals surface area (Å²) in [6.07, 6.45) is 0.00117. The normalized spacial score (nSPS) is 10.4. The van der Waals surface area contributed by atoms with Crippen molar-refractivity contribution in [3.05, 3.63) is 34.4 Å². The van der Waals surface area contributed by atoms with Crippen LogP contribution in [0.4, 0.5) is 4.79 Å². The number of hydrogen-bond donors (Lipinski definition) is 1. The number of nitrogens with zero attached hydrogens (tertiary/aromatic N) is 1. The zero-order valence-corrected chi connectivity index (χ0v) is 11.8. The lowest BCUT2D eigenvalue weighted by Crippen LogP contribution is -2.04. The van der Waals surface area contributed by atoms with Gasteiger partial charge in [0.2, 0.25) is 5.89 Å². The fourth-order valence-electron chi connectivity index (χ4n) is 1.64. The predicted molar refractivity (Wildman–Crippen MR) is 72.3 cm³/mol. The number of aromatic nitrogens is 1. The van der Waals surface area contributed by atoms with Gasteiger partial charge in [0.05, 0.1) is 5.56 Å². The van der Waals surface area contributed by atoms with E-state index in [0.29, 0.717) is 18.0 Å². The minimum absolute atomic E-state index is 0.0555. The van der Waals surface area contributed by atoms with Crippen LogP contribution < -0.4 is 4.74 Å². The quantitative estimate of drug-likeness (QED) is 0.856. The maximum atomic E-state index is 10.6. The van der Waals surface area contributed by atoms with Gasteiger partial charge in [-0.3, -0.25) is 0 Å². The van der Waals surface area contributed by atoms with E-state index in [9.17, 15) is 4.79 Å². The minimum atomic E-state index is -1.41. The number of ether oxygens (including phenoxy) is 1. The Bertz CT molecular complexity index is 594. The zero-order valence-electron chi connectivity index (χ0n) is 10.2. The van der Waals surface area contributed by atoms with Crippen molar-refractivity contribution in [3.8, 4) is 17.4 Å². The lowest BCUT2D eigenvalue weighted by atomic mass is 10.2. The number of benzene rings is 1. The Morgan fingerprint density at radius 3 is 2.84 bits per heavy atom. The zero-order chi connectivity index (χ0) is 13.8. The Labute approximate surface area is 118 Å². The first-order chi connectivity index (χ1) is 9.11. The van der Waals surface area contributed by atoms with Crippen LogP contribution >= 0.6 is 15.9 Å². The van der Waals surface area contributed by atoms with Crippen LogP contribution in [0, 0.1) is 0 Å². The van der Waals surface area contributed by atoms with Gasteiger partial charge in [0.15, 0.2) is 0 Å². The van der Waals surface area contributed by atoms with Gasteiger partial charge >= 0.3 is 12.1 Å². The highest BCUT2D eigenvalue weighted by molar-refractivity contribution is 9.10. The molecule has 0 amide bonds. The van der Waals surface area contributed by atoms with Crippen LogP contribution in [0.5, 0.6) is 5.95 Å². The first-order valence-corrected chi connectivity index (χ1v) is 6.56. The highest BCUT2D eigenvalue weighted by Crippen LogP contribution is 2.32. The summed E-state index contributed by atoms with van der Waals surface area (Å²) in [6, 6.07) is 7.41. The summed E-state index contributed by atoms with van der Waals surface area (Å²) in [6.45, 7) is 1.97. The van der Waals surface area contributed by atoms with Crippen molar-refractivity contribution in [3.63, 3.8) is 0 Å². The SMILES string of the molecule is CCCc1nc(-c2ccccc2Br)oc1OC(=O)O. The molecule has 0 aliphatic heterocycles. The number of rotatable bonds is 4. The molecule has 100 valence electrons. The standard InChI is InChI=1S/C13H12BrNO4/c1-2-5-10-12(19-13(16)17)18-11(15-10)8-6-3-4-7-9(8)14/h3-4,6-7H,2,5H2,1H3,(H,16,17). The van der Waals surface area contributed by atoms with Crippen molar-refractivity contribution >= 4 is 22.1 Å². The third-order valence-corrected chi connectivity index (χ3v) is 3.12. The second-order valence-corrected chi connectivity index (χ2v) is 4.71. The van der Waals surface area contributed by atoms with E-state index in [1.807, 2.05) is 31.2 Å². The number of hydrogen-bond acceptors (Lipinski definition) is 4. The summed E-state index contributed by atoms with van der Waals surface area (Å²) in [5, 5.41) is 8.67. The second-order valence-electron chi connectivity index (χ2n) is 3.85. The second kappa shape index (κ2) is 5.88. The van der Waals surface area contributed by atoms with E-state index in [1.165, 1.54) is 0 Å².